The summed E-state index contributed by atoms with van der Waals surface area (Å²) in [6.07, 6.45) is -4.17. The molecule has 0 N–H and O–H groups in total. The molecule has 3 rings (SSSR count). The van der Waals surface area contributed by atoms with Crippen LogP contribution in [0.1, 0.15) is 5.56 Å². The molecule has 0 spiro atoms. The molecule has 166 valence electrons. The quantitative estimate of drug-likeness (QED) is 0.591. The lowest BCUT2D eigenvalue weighted by Crippen LogP contribution is -2.50. The molecule has 1 aliphatic rings. The van der Waals surface area contributed by atoms with Crippen molar-refractivity contribution in [2.45, 2.75) is 11.1 Å². The fourth-order valence-electron chi connectivity index (χ4n) is 3.12. The normalized spacial score (nSPS) is 16.4. The first-order chi connectivity index (χ1) is 14.5. The lowest BCUT2D eigenvalue weighted by molar-refractivity contribution is -0.127. The van der Waals surface area contributed by atoms with Crippen molar-refractivity contribution in [3.8, 4) is 0 Å². The first kappa shape index (κ1) is 23.6. The van der Waals surface area contributed by atoms with Crippen LogP contribution >= 0.6 is 23.2 Å². The van der Waals surface area contributed by atoms with E-state index < -0.39 is 27.7 Å². The zero-order chi connectivity index (χ0) is 22.8. The molecule has 5 nitrogen and oxygen atoms in total. The first-order valence-electron chi connectivity index (χ1n) is 9.08. The van der Waals surface area contributed by atoms with E-state index in [1.165, 1.54) is 47.4 Å². The van der Waals surface area contributed by atoms with E-state index in [4.69, 9.17) is 23.2 Å². The zero-order valence-corrected chi connectivity index (χ0v) is 18.3. The van der Waals surface area contributed by atoms with Gasteiger partial charge in [0.15, 0.2) is 0 Å². The number of halogens is 5. The van der Waals surface area contributed by atoms with Crippen molar-refractivity contribution in [2.24, 2.45) is 0 Å². The number of rotatable bonds is 4. The van der Waals surface area contributed by atoms with Gasteiger partial charge in [-0.2, -0.15) is 17.5 Å². The zero-order valence-electron chi connectivity index (χ0n) is 15.9. The van der Waals surface area contributed by atoms with Crippen LogP contribution in [-0.2, 0) is 14.8 Å². The molecule has 1 fully saturated rings. The fourth-order valence-corrected chi connectivity index (χ4v) is 5.28. The molecule has 0 atom stereocenters. The van der Waals surface area contributed by atoms with E-state index in [1.807, 2.05) is 0 Å². The number of alkyl halides is 3. The number of sulfonamides is 1. The Hall–Kier alpha value is -2.07. The maximum atomic E-state index is 13.5. The molecule has 31 heavy (non-hydrogen) atoms. The summed E-state index contributed by atoms with van der Waals surface area (Å²) in [5, 5.41) is 0.200. The number of amides is 1. The van der Waals surface area contributed by atoms with Crippen molar-refractivity contribution >= 4 is 44.7 Å². The largest absolute Gasteiger partial charge is 0.417 e. The summed E-state index contributed by atoms with van der Waals surface area (Å²) in [4.78, 5) is 13.5. The van der Waals surface area contributed by atoms with E-state index in [-0.39, 0.29) is 46.7 Å². The molecule has 2 aromatic rings. The number of benzene rings is 2. The smallest absolute Gasteiger partial charge is 0.337 e. The second kappa shape index (κ2) is 9.20. The summed E-state index contributed by atoms with van der Waals surface area (Å²) in [5.74, 6) is -0.839. The average molecular weight is 493 g/mol. The van der Waals surface area contributed by atoms with Crippen LogP contribution < -0.4 is 0 Å². The van der Waals surface area contributed by atoms with E-state index in [0.717, 1.165) is 4.31 Å². The summed E-state index contributed by atoms with van der Waals surface area (Å²) in [6, 6.07) is 11.1. The van der Waals surface area contributed by atoms with Crippen molar-refractivity contribution in [2.75, 3.05) is 26.2 Å². The highest BCUT2D eigenvalue weighted by atomic mass is 35.5. The Morgan fingerprint density at radius 2 is 1.58 bits per heavy atom. The van der Waals surface area contributed by atoms with E-state index in [0.29, 0.717) is 6.08 Å². The van der Waals surface area contributed by atoms with Crippen LogP contribution in [0, 0.1) is 0 Å². The standard InChI is InChI=1S/C20H17Cl2F3N2O3S/c21-15-6-7-17(22)18(12-15)31(29,30)27-10-8-26(9-11-27)19(28)13-16(20(23,24)25)14-4-2-1-3-5-14/h1-7,12-13H,8-11H2/b16-13+. The Bertz CT molecular complexity index is 1100. The Labute approximate surface area is 187 Å². The molecule has 1 aliphatic heterocycles. The van der Waals surface area contributed by atoms with Crippen molar-refractivity contribution in [3.63, 3.8) is 0 Å². The predicted octanol–water partition coefficient (Wildman–Crippen LogP) is 4.47. The van der Waals surface area contributed by atoms with Gasteiger partial charge in [0.2, 0.25) is 15.9 Å². The summed E-state index contributed by atoms with van der Waals surface area (Å²) in [6.45, 7) is -0.297. The summed E-state index contributed by atoms with van der Waals surface area (Å²) in [5.41, 5.74) is -1.18. The number of carbonyl (C=O) groups excluding carboxylic acids is 1. The number of nitrogens with zero attached hydrogens (tertiary/aromatic N) is 2. The van der Waals surface area contributed by atoms with Gasteiger partial charge in [0.05, 0.1) is 10.6 Å². The molecule has 11 heteroatoms. The van der Waals surface area contributed by atoms with Gasteiger partial charge in [-0.1, -0.05) is 53.5 Å². The number of hydrogen-bond acceptors (Lipinski definition) is 3. The van der Waals surface area contributed by atoms with Crippen molar-refractivity contribution in [1.29, 1.82) is 0 Å². The van der Waals surface area contributed by atoms with Crippen LogP contribution in [0.5, 0.6) is 0 Å². The maximum Gasteiger partial charge on any atom is 0.417 e. The van der Waals surface area contributed by atoms with Crippen LogP contribution in [0.25, 0.3) is 5.57 Å². The highest BCUT2D eigenvalue weighted by Crippen LogP contribution is 2.34. The molecule has 1 amide bonds. The maximum absolute atomic E-state index is 13.5. The van der Waals surface area contributed by atoms with Crippen LogP contribution in [0.4, 0.5) is 13.2 Å². The minimum Gasteiger partial charge on any atom is -0.337 e. The number of piperazine rings is 1. The third-order valence-electron chi connectivity index (χ3n) is 4.72. The molecule has 1 saturated heterocycles. The molecule has 1 heterocycles. The van der Waals surface area contributed by atoms with E-state index in [9.17, 15) is 26.4 Å². The summed E-state index contributed by atoms with van der Waals surface area (Å²) < 4.78 is 67.2. The van der Waals surface area contributed by atoms with Gasteiger partial charge in [0.1, 0.15) is 4.90 Å². The topological polar surface area (TPSA) is 57.7 Å². The Kier molecular flexibility index (Phi) is 7.00. The van der Waals surface area contributed by atoms with Gasteiger partial charge in [0.25, 0.3) is 0 Å². The van der Waals surface area contributed by atoms with Gasteiger partial charge in [-0.05, 0) is 23.8 Å². The second-order valence-electron chi connectivity index (χ2n) is 6.73. The Balaban J connectivity index is 1.76. The van der Waals surface area contributed by atoms with Crippen LogP contribution in [0.2, 0.25) is 10.0 Å². The summed E-state index contributed by atoms with van der Waals surface area (Å²) >= 11 is 11.9. The highest BCUT2D eigenvalue weighted by Gasteiger charge is 2.37. The van der Waals surface area contributed by atoms with Crippen molar-refractivity contribution in [1.82, 2.24) is 9.21 Å². The minimum absolute atomic E-state index is 0.00326. The van der Waals surface area contributed by atoms with Gasteiger partial charge in [-0.3, -0.25) is 4.79 Å². The third kappa shape index (κ3) is 5.41. The molecule has 0 saturated carbocycles. The third-order valence-corrected chi connectivity index (χ3v) is 7.33. The molecule has 0 radical (unpaired) electrons. The van der Waals surface area contributed by atoms with Gasteiger partial charge < -0.3 is 4.90 Å². The summed E-state index contributed by atoms with van der Waals surface area (Å²) in [7, 11) is -3.97. The van der Waals surface area contributed by atoms with Crippen LogP contribution in [-0.4, -0.2) is 55.9 Å². The molecule has 0 aliphatic carbocycles. The first-order valence-corrected chi connectivity index (χ1v) is 11.3. The molecular formula is C20H17Cl2F3N2O3S. The fraction of sp³-hybridized carbons (Fsp3) is 0.250. The predicted molar refractivity (Wildman–Crippen MR) is 112 cm³/mol. The SMILES string of the molecule is O=C(/C=C(\c1ccccc1)C(F)(F)F)N1CCN(S(=O)(=O)c2cc(Cl)ccc2Cl)CC1. The lowest BCUT2D eigenvalue weighted by Gasteiger charge is -2.33. The molecule has 0 bridgehead atoms. The number of hydrogen-bond donors (Lipinski definition) is 0. The lowest BCUT2D eigenvalue weighted by atomic mass is 10.0. The van der Waals surface area contributed by atoms with E-state index >= 15 is 0 Å². The van der Waals surface area contributed by atoms with E-state index in [1.54, 1.807) is 6.07 Å². The second-order valence-corrected chi connectivity index (χ2v) is 9.48. The van der Waals surface area contributed by atoms with Crippen LogP contribution in [0.3, 0.4) is 0 Å². The highest BCUT2D eigenvalue weighted by molar-refractivity contribution is 7.89. The van der Waals surface area contributed by atoms with Crippen molar-refractivity contribution < 1.29 is 26.4 Å². The minimum atomic E-state index is -4.72. The van der Waals surface area contributed by atoms with Gasteiger partial charge in [0, 0.05) is 37.3 Å². The van der Waals surface area contributed by atoms with Gasteiger partial charge in [-0.25, -0.2) is 8.42 Å². The molecule has 0 aromatic heterocycles. The van der Waals surface area contributed by atoms with Crippen LogP contribution in [0.15, 0.2) is 59.5 Å². The van der Waals surface area contributed by atoms with E-state index in [2.05, 4.69) is 0 Å². The number of allylic oxidation sites excluding steroid dienone is 1. The number of carbonyl (C=O) groups is 1. The van der Waals surface area contributed by atoms with Gasteiger partial charge in [-0.15, -0.1) is 0 Å². The average Bonchev–Trinajstić information content (AvgIpc) is 2.73. The monoisotopic (exact) mass is 492 g/mol. The van der Waals surface area contributed by atoms with Crippen molar-refractivity contribution in [3.05, 3.63) is 70.2 Å². The Morgan fingerprint density at radius 3 is 2.16 bits per heavy atom. The molecule has 0 unspecified atom stereocenters. The van der Waals surface area contributed by atoms with Gasteiger partial charge >= 0.3 is 6.18 Å². The molecule has 2 aromatic carbocycles. The Morgan fingerprint density at radius 1 is 0.968 bits per heavy atom. The molecular weight excluding hydrogens is 476 g/mol.